The van der Waals surface area contributed by atoms with Gasteiger partial charge in [0.25, 0.3) is 0 Å². The predicted molar refractivity (Wildman–Crippen MR) is 136 cm³/mol. The number of carboxylic acids is 2. The lowest BCUT2D eigenvalue weighted by atomic mass is 10.0. The van der Waals surface area contributed by atoms with E-state index < -0.39 is 53.8 Å². The summed E-state index contributed by atoms with van der Waals surface area (Å²) < 4.78 is 0. The molecule has 1 aromatic heterocycles. The summed E-state index contributed by atoms with van der Waals surface area (Å²) in [6.07, 6.45) is 2.16. The molecule has 0 spiro atoms. The molecule has 2 rings (SSSR count). The standard InChI is InChI=1S/C23H30N6O8S/c24-15(5-6-19(31)32)20(33)27-17(8-13-9-25-11-26-13)22(35)28-16(7-12-1-3-14(30)4-2-12)21(34)29-18(10-38)23(36)37/h1-4,9,11,15-18,30,38H,5-8,10,24H2,(H,25,26)(H,27,33)(H,28,35)(H,29,34)(H,31,32)(H,36,37). The van der Waals surface area contributed by atoms with Crippen molar-refractivity contribution in [3.05, 3.63) is 48.0 Å². The second kappa shape index (κ2) is 14.6. The highest BCUT2D eigenvalue weighted by Gasteiger charge is 2.30. The van der Waals surface area contributed by atoms with Crippen LogP contribution in [0.25, 0.3) is 0 Å². The van der Waals surface area contributed by atoms with Crippen LogP contribution in [0, 0.1) is 0 Å². The highest BCUT2D eigenvalue weighted by atomic mass is 32.1. The molecule has 4 unspecified atom stereocenters. The molecule has 3 amide bonds. The van der Waals surface area contributed by atoms with Crippen molar-refractivity contribution >= 4 is 42.3 Å². The largest absolute Gasteiger partial charge is 0.508 e. The van der Waals surface area contributed by atoms with Gasteiger partial charge < -0.3 is 42.0 Å². The summed E-state index contributed by atoms with van der Waals surface area (Å²) in [5.41, 5.74) is 6.80. The van der Waals surface area contributed by atoms with Gasteiger partial charge in [-0.25, -0.2) is 9.78 Å². The quantitative estimate of drug-likeness (QED) is 0.117. The smallest absolute Gasteiger partial charge is 0.327 e. The summed E-state index contributed by atoms with van der Waals surface area (Å²) in [6, 6.07) is 0.800. The lowest BCUT2D eigenvalue weighted by molar-refractivity contribution is -0.141. The first-order valence-corrected chi connectivity index (χ1v) is 12.1. The van der Waals surface area contributed by atoms with Crippen LogP contribution in [0.1, 0.15) is 24.1 Å². The average molecular weight is 551 g/mol. The van der Waals surface area contributed by atoms with Gasteiger partial charge in [-0.05, 0) is 24.1 Å². The number of thiol groups is 1. The number of rotatable bonds is 15. The van der Waals surface area contributed by atoms with Crippen LogP contribution in [-0.2, 0) is 36.8 Å². The van der Waals surface area contributed by atoms with Crippen molar-refractivity contribution in [3.8, 4) is 5.75 Å². The number of carboxylic acid groups (broad SMARTS) is 2. The number of amides is 3. The summed E-state index contributed by atoms with van der Waals surface area (Å²) in [5, 5.41) is 35.0. The maximum Gasteiger partial charge on any atom is 0.327 e. The van der Waals surface area contributed by atoms with Crippen LogP contribution in [0.2, 0.25) is 0 Å². The minimum Gasteiger partial charge on any atom is -0.508 e. The number of carbonyl (C=O) groups is 5. The van der Waals surface area contributed by atoms with Crippen LogP contribution in [-0.4, -0.2) is 84.9 Å². The normalized spacial score (nSPS) is 13.9. The number of hydrogen-bond donors (Lipinski definition) is 9. The Morgan fingerprint density at radius 1 is 0.921 bits per heavy atom. The molecule has 9 N–H and O–H groups in total. The Morgan fingerprint density at radius 3 is 2.03 bits per heavy atom. The van der Waals surface area contributed by atoms with Crippen LogP contribution >= 0.6 is 12.6 Å². The van der Waals surface area contributed by atoms with E-state index in [-0.39, 0.29) is 37.2 Å². The number of aromatic amines is 1. The molecule has 2 aromatic rings. The Balaban J connectivity index is 2.25. The molecule has 0 saturated heterocycles. The summed E-state index contributed by atoms with van der Waals surface area (Å²) in [6.45, 7) is 0. The number of nitrogens with zero attached hydrogens (tertiary/aromatic N) is 1. The maximum absolute atomic E-state index is 13.3. The summed E-state index contributed by atoms with van der Waals surface area (Å²) in [7, 11) is 0. The van der Waals surface area contributed by atoms with E-state index in [4.69, 9.17) is 10.8 Å². The molecule has 4 atom stereocenters. The Kier molecular flexibility index (Phi) is 11.6. The number of nitrogens with two attached hydrogens (primary N) is 1. The zero-order chi connectivity index (χ0) is 28.2. The Labute approximate surface area is 222 Å². The van der Waals surface area contributed by atoms with Gasteiger partial charge in [0.1, 0.15) is 23.9 Å². The molecule has 14 nitrogen and oxygen atoms in total. The van der Waals surface area contributed by atoms with Crippen molar-refractivity contribution in [1.82, 2.24) is 25.9 Å². The van der Waals surface area contributed by atoms with Crippen molar-refractivity contribution in [3.63, 3.8) is 0 Å². The molecule has 0 radical (unpaired) electrons. The molecule has 1 heterocycles. The second-order valence-corrected chi connectivity index (χ2v) is 8.76. The summed E-state index contributed by atoms with van der Waals surface area (Å²) >= 11 is 3.93. The van der Waals surface area contributed by atoms with E-state index in [1.807, 2.05) is 0 Å². The van der Waals surface area contributed by atoms with E-state index in [0.29, 0.717) is 11.3 Å². The van der Waals surface area contributed by atoms with Gasteiger partial charge >= 0.3 is 11.9 Å². The van der Waals surface area contributed by atoms with E-state index in [2.05, 4.69) is 38.5 Å². The van der Waals surface area contributed by atoms with Crippen LogP contribution in [0.4, 0.5) is 0 Å². The fraction of sp³-hybridized carbons (Fsp3) is 0.391. The van der Waals surface area contributed by atoms with Crippen molar-refractivity contribution in [2.45, 2.75) is 49.9 Å². The van der Waals surface area contributed by atoms with Gasteiger partial charge in [0.15, 0.2) is 0 Å². The van der Waals surface area contributed by atoms with E-state index in [0.717, 1.165) is 0 Å². The fourth-order valence-electron chi connectivity index (χ4n) is 3.32. The van der Waals surface area contributed by atoms with Crippen molar-refractivity contribution in [2.75, 3.05) is 5.75 Å². The molecule has 0 aliphatic carbocycles. The summed E-state index contributed by atoms with van der Waals surface area (Å²) in [5.74, 6) is -5.03. The molecule has 0 bridgehead atoms. The second-order valence-electron chi connectivity index (χ2n) is 8.39. The monoisotopic (exact) mass is 550 g/mol. The minimum atomic E-state index is -1.32. The molecule has 0 aliphatic rings. The van der Waals surface area contributed by atoms with Crippen molar-refractivity contribution in [2.24, 2.45) is 5.73 Å². The van der Waals surface area contributed by atoms with Gasteiger partial charge in [-0.15, -0.1) is 0 Å². The number of hydrogen-bond acceptors (Lipinski definition) is 9. The van der Waals surface area contributed by atoms with E-state index in [9.17, 15) is 34.2 Å². The lowest BCUT2D eigenvalue weighted by Gasteiger charge is -2.25. The van der Waals surface area contributed by atoms with Crippen LogP contribution in [0.15, 0.2) is 36.8 Å². The zero-order valence-corrected chi connectivity index (χ0v) is 21.1. The topological polar surface area (TPSA) is 237 Å². The number of carbonyl (C=O) groups excluding carboxylic acids is 3. The summed E-state index contributed by atoms with van der Waals surface area (Å²) in [4.78, 5) is 67.7. The Hall–Kier alpha value is -4.11. The molecule has 0 fully saturated rings. The molecular formula is C23H30N6O8S. The third-order valence-corrected chi connectivity index (χ3v) is 5.79. The number of benzene rings is 1. The third kappa shape index (κ3) is 9.74. The number of aliphatic carboxylic acids is 2. The highest BCUT2D eigenvalue weighted by molar-refractivity contribution is 7.80. The van der Waals surface area contributed by atoms with E-state index >= 15 is 0 Å². The Bertz CT molecular complexity index is 1110. The molecule has 38 heavy (non-hydrogen) atoms. The zero-order valence-electron chi connectivity index (χ0n) is 20.2. The molecule has 0 aliphatic heterocycles. The number of phenolic OH excluding ortho intramolecular Hbond substituents is 1. The lowest BCUT2D eigenvalue weighted by Crippen LogP contribution is -2.58. The third-order valence-electron chi connectivity index (χ3n) is 5.42. The van der Waals surface area contributed by atoms with Crippen LogP contribution < -0.4 is 21.7 Å². The van der Waals surface area contributed by atoms with Crippen LogP contribution in [0.3, 0.4) is 0 Å². The van der Waals surface area contributed by atoms with Crippen molar-refractivity contribution < 1.29 is 39.3 Å². The van der Waals surface area contributed by atoms with Gasteiger partial charge in [-0.2, -0.15) is 12.6 Å². The Morgan fingerprint density at radius 2 is 1.50 bits per heavy atom. The van der Waals surface area contributed by atoms with Crippen molar-refractivity contribution in [1.29, 1.82) is 0 Å². The molecule has 206 valence electrons. The van der Waals surface area contributed by atoms with Gasteiger partial charge in [-0.1, -0.05) is 12.1 Å². The number of nitrogens with one attached hydrogen (secondary N) is 4. The van der Waals surface area contributed by atoms with Gasteiger partial charge in [0.2, 0.25) is 17.7 Å². The number of imidazole rings is 1. The first-order valence-electron chi connectivity index (χ1n) is 11.5. The van der Waals surface area contributed by atoms with Gasteiger partial charge in [0.05, 0.1) is 12.4 Å². The molecular weight excluding hydrogens is 520 g/mol. The van der Waals surface area contributed by atoms with Gasteiger partial charge in [0, 0.05) is 36.9 Å². The fourth-order valence-corrected chi connectivity index (χ4v) is 3.57. The first-order chi connectivity index (χ1) is 18.0. The highest BCUT2D eigenvalue weighted by Crippen LogP contribution is 2.12. The van der Waals surface area contributed by atoms with E-state index in [1.54, 1.807) is 0 Å². The number of H-pyrrole nitrogens is 1. The average Bonchev–Trinajstić information content (AvgIpc) is 3.38. The molecule has 15 heteroatoms. The molecule has 0 saturated carbocycles. The first kappa shape index (κ1) is 30.1. The SMILES string of the molecule is NC(CCC(=O)O)C(=O)NC(Cc1cnc[nH]1)C(=O)NC(Cc1ccc(O)cc1)C(=O)NC(CS)C(=O)O. The predicted octanol–water partition coefficient (Wildman–Crippen LogP) is -1.44. The van der Waals surface area contributed by atoms with Gasteiger partial charge in [-0.3, -0.25) is 19.2 Å². The van der Waals surface area contributed by atoms with Crippen LogP contribution in [0.5, 0.6) is 5.75 Å². The number of phenols is 1. The number of aromatic nitrogens is 2. The number of aromatic hydroxyl groups is 1. The maximum atomic E-state index is 13.3. The minimum absolute atomic E-state index is 0.0126. The van der Waals surface area contributed by atoms with E-state index in [1.165, 1.54) is 36.8 Å². The molecule has 1 aromatic carbocycles.